The summed E-state index contributed by atoms with van der Waals surface area (Å²) in [6, 6.07) is 75.7. The van der Waals surface area contributed by atoms with E-state index in [-0.39, 0.29) is 0 Å². The predicted molar refractivity (Wildman–Crippen MR) is 263 cm³/mol. The van der Waals surface area contributed by atoms with Crippen LogP contribution in [-0.4, -0.2) is 24.1 Å². The first-order valence-corrected chi connectivity index (χ1v) is 22.0. The van der Waals surface area contributed by atoms with Gasteiger partial charge in [-0.05, 0) is 59.2 Å². The van der Waals surface area contributed by atoms with Gasteiger partial charge >= 0.3 is 0 Å². The third-order valence-electron chi connectivity index (χ3n) is 12.4. The van der Waals surface area contributed by atoms with Crippen molar-refractivity contribution in [3.63, 3.8) is 0 Å². The Kier molecular flexibility index (Phi) is 8.01. The van der Waals surface area contributed by atoms with Crippen LogP contribution in [0.3, 0.4) is 0 Å². The van der Waals surface area contributed by atoms with Crippen LogP contribution in [0, 0.1) is 0 Å². The molecule has 0 saturated carbocycles. The van der Waals surface area contributed by atoms with Gasteiger partial charge in [-0.1, -0.05) is 170 Å². The Morgan fingerprint density at radius 1 is 0.333 bits per heavy atom. The third-order valence-corrected chi connectivity index (χ3v) is 13.5. The van der Waals surface area contributed by atoms with Crippen molar-refractivity contribution in [3.05, 3.63) is 212 Å². The van der Waals surface area contributed by atoms with Crippen LogP contribution in [0.4, 0.5) is 0 Å². The average molecular weight is 822 g/mol. The zero-order chi connectivity index (χ0) is 41.4. The number of fused-ring (bicyclic) bond motifs is 10. The molecule has 63 heavy (non-hydrogen) atoms. The second-order valence-electron chi connectivity index (χ2n) is 16.0. The molecular weight excluding hydrogens is 787 g/mol. The van der Waals surface area contributed by atoms with Gasteiger partial charge in [0.1, 0.15) is 0 Å². The van der Waals surface area contributed by atoms with Gasteiger partial charge in [0.15, 0.2) is 11.6 Å². The molecule has 0 atom stereocenters. The summed E-state index contributed by atoms with van der Waals surface area (Å²) in [5.74, 6) is 1.83. The van der Waals surface area contributed by atoms with E-state index < -0.39 is 0 Å². The monoisotopic (exact) mass is 821 g/mol. The number of rotatable bonds is 6. The summed E-state index contributed by atoms with van der Waals surface area (Å²) in [5, 5.41) is 7.07. The van der Waals surface area contributed by atoms with Crippen LogP contribution in [0.5, 0.6) is 0 Å². The Morgan fingerprint density at radius 3 is 1.67 bits per heavy atom. The SMILES string of the molecule is c1ccc(-c2ccc(-n3c4ccccc4c4c3ccc3c5ccccc5n(-c5nc(-c6ccccc6)nc(-c6ccc7c(c6)sc6ccccc67)n5)c34)c(-c3ccccc3)c2)cc1. The van der Waals surface area contributed by atoms with E-state index in [9.17, 15) is 0 Å². The highest BCUT2D eigenvalue weighted by Gasteiger charge is 2.24. The van der Waals surface area contributed by atoms with E-state index in [0.29, 0.717) is 17.6 Å². The lowest BCUT2D eigenvalue weighted by atomic mass is 9.97. The maximum Gasteiger partial charge on any atom is 0.238 e. The minimum atomic E-state index is 0.572. The Hall–Kier alpha value is -8.19. The molecule has 6 heteroatoms. The van der Waals surface area contributed by atoms with E-state index in [2.05, 4.69) is 203 Å². The lowest BCUT2D eigenvalue weighted by Crippen LogP contribution is -2.06. The Bertz CT molecular complexity index is 3900. The minimum absolute atomic E-state index is 0.572. The van der Waals surface area contributed by atoms with Crippen molar-refractivity contribution in [1.29, 1.82) is 0 Å². The van der Waals surface area contributed by atoms with Crippen LogP contribution in [0.1, 0.15) is 0 Å². The predicted octanol–water partition coefficient (Wildman–Crippen LogP) is 15.1. The smallest absolute Gasteiger partial charge is 0.238 e. The molecular formula is C57H35N5S. The molecule has 0 aliphatic rings. The largest absolute Gasteiger partial charge is 0.309 e. The number of thiophene rings is 1. The van der Waals surface area contributed by atoms with Crippen LogP contribution >= 0.6 is 11.3 Å². The Morgan fingerprint density at radius 2 is 0.905 bits per heavy atom. The molecule has 4 aromatic heterocycles. The van der Waals surface area contributed by atoms with Crippen molar-refractivity contribution in [2.75, 3.05) is 0 Å². The lowest BCUT2D eigenvalue weighted by molar-refractivity contribution is 0.955. The van der Waals surface area contributed by atoms with E-state index in [1.807, 2.05) is 18.2 Å². The quantitative estimate of drug-likeness (QED) is 0.168. The van der Waals surface area contributed by atoms with E-state index in [0.717, 1.165) is 71.6 Å². The Labute approximate surface area is 366 Å². The summed E-state index contributed by atoms with van der Waals surface area (Å²) in [6.45, 7) is 0. The first-order chi connectivity index (χ1) is 31.2. The summed E-state index contributed by atoms with van der Waals surface area (Å²) in [6.07, 6.45) is 0. The van der Waals surface area contributed by atoms with E-state index in [1.165, 1.54) is 31.3 Å². The number of benzene rings is 9. The number of aromatic nitrogens is 5. The molecule has 0 bridgehead atoms. The normalized spacial score (nSPS) is 11.8. The lowest BCUT2D eigenvalue weighted by Gasteiger charge is -2.16. The third kappa shape index (κ3) is 5.66. The van der Waals surface area contributed by atoms with E-state index >= 15 is 0 Å². The molecule has 294 valence electrons. The van der Waals surface area contributed by atoms with Crippen LogP contribution in [0.25, 0.3) is 120 Å². The van der Waals surface area contributed by atoms with Gasteiger partial charge in [0.05, 0.1) is 27.8 Å². The van der Waals surface area contributed by atoms with Crippen LogP contribution in [0.15, 0.2) is 212 Å². The standard InChI is InChI=1S/C57H35N5S/c1-4-16-36(17-5-1)39-29-32-49(46(34-39)37-18-6-2-7-19-37)61-48-26-14-11-24-45(48)53-50(61)33-31-44-41-22-10-13-25-47(41)62(54(44)53)57-59-55(38-20-8-3-9-21-38)58-56(60-57)40-28-30-43-42-23-12-15-27-51(42)63-52(43)35-40/h1-35H. The van der Waals surface area contributed by atoms with Crippen molar-refractivity contribution in [2.24, 2.45) is 0 Å². The second-order valence-corrected chi connectivity index (χ2v) is 17.1. The number of nitrogens with zero attached hydrogens (tertiary/aromatic N) is 5. The summed E-state index contributed by atoms with van der Waals surface area (Å²) in [5.41, 5.74) is 12.0. The van der Waals surface area contributed by atoms with Gasteiger partial charge in [0.2, 0.25) is 5.95 Å². The first kappa shape index (κ1) is 35.6. The highest BCUT2D eigenvalue weighted by Crippen LogP contribution is 2.44. The van der Waals surface area contributed by atoms with Crippen molar-refractivity contribution in [3.8, 4) is 56.7 Å². The zero-order valence-electron chi connectivity index (χ0n) is 33.9. The summed E-state index contributed by atoms with van der Waals surface area (Å²) >= 11 is 1.80. The molecule has 0 unspecified atom stereocenters. The van der Waals surface area contributed by atoms with Gasteiger partial charge in [-0.25, -0.2) is 4.98 Å². The molecule has 5 nitrogen and oxygen atoms in total. The summed E-state index contributed by atoms with van der Waals surface area (Å²) < 4.78 is 7.19. The maximum atomic E-state index is 5.42. The molecule has 0 N–H and O–H groups in total. The zero-order valence-corrected chi connectivity index (χ0v) is 34.7. The molecule has 0 fully saturated rings. The summed E-state index contributed by atoms with van der Waals surface area (Å²) in [7, 11) is 0. The van der Waals surface area contributed by atoms with Crippen molar-refractivity contribution in [2.45, 2.75) is 0 Å². The highest BCUT2D eigenvalue weighted by atomic mass is 32.1. The molecule has 13 rings (SSSR count). The topological polar surface area (TPSA) is 48.5 Å². The molecule has 9 aromatic carbocycles. The van der Waals surface area contributed by atoms with Gasteiger partial charge in [0, 0.05) is 58.4 Å². The number of para-hydroxylation sites is 2. The van der Waals surface area contributed by atoms with E-state index in [4.69, 9.17) is 15.0 Å². The fourth-order valence-electron chi connectivity index (χ4n) is 9.54. The molecule has 0 spiro atoms. The summed E-state index contributed by atoms with van der Waals surface area (Å²) in [4.78, 5) is 16.0. The highest BCUT2D eigenvalue weighted by molar-refractivity contribution is 7.25. The Balaban J connectivity index is 1.11. The molecule has 0 saturated heterocycles. The van der Waals surface area contributed by atoms with Gasteiger partial charge < -0.3 is 4.57 Å². The minimum Gasteiger partial charge on any atom is -0.309 e. The average Bonchev–Trinajstić information content (AvgIpc) is 4.02. The second kappa shape index (κ2) is 14.2. The van der Waals surface area contributed by atoms with Crippen LogP contribution in [0.2, 0.25) is 0 Å². The first-order valence-electron chi connectivity index (χ1n) is 21.2. The van der Waals surface area contributed by atoms with Crippen molar-refractivity contribution in [1.82, 2.24) is 24.1 Å². The molecule has 0 aliphatic carbocycles. The fraction of sp³-hybridized carbons (Fsp3) is 0. The van der Waals surface area contributed by atoms with E-state index in [1.54, 1.807) is 11.3 Å². The number of hydrogen-bond acceptors (Lipinski definition) is 4. The molecule has 13 aromatic rings. The van der Waals surface area contributed by atoms with Gasteiger partial charge in [-0.15, -0.1) is 11.3 Å². The molecule has 4 heterocycles. The number of hydrogen-bond donors (Lipinski definition) is 0. The van der Waals surface area contributed by atoms with Crippen molar-refractivity contribution >= 4 is 75.1 Å². The molecule has 0 radical (unpaired) electrons. The fourth-order valence-corrected chi connectivity index (χ4v) is 10.7. The van der Waals surface area contributed by atoms with Crippen molar-refractivity contribution < 1.29 is 0 Å². The molecule has 0 amide bonds. The van der Waals surface area contributed by atoms with Crippen LogP contribution < -0.4 is 0 Å². The maximum absolute atomic E-state index is 5.42. The van der Waals surface area contributed by atoms with Gasteiger partial charge in [0.25, 0.3) is 0 Å². The van der Waals surface area contributed by atoms with Crippen LogP contribution in [-0.2, 0) is 0 Å². The van der Waals surface area contributed by atoms with Gasteiger partial charge in [-0.2, -0.15) is 9.97 Å². The van der Waals surface area contributed by atoms with Gasteiger partial charge in [-0.3, -0.25) is 4.57 Å². The molecule has 0 aliphatic heterocycles.